The van der Waals surface area contributed by atoms with E-state index in [0.29, 0.717) is 12.0 Å². The van der Waals surface area contributed by atoms with Gasteiger partial charge in [0.25, 0.3) is 0 Å². The average molecular weight is 353 g/mol. The van der Waals surface area contributed by atoms with Crippen molar-refractivity contribution >= 4 is 18.3 Å². The summed E-state index contributed by atoms with van der Waals surface area (Å²) in [5, 5.41) is 0. The Balaban J connectivity index is 0.00000484. The van der Waals surface area contributed by atoms with Gasteiger partial charge in [-0.3, -0.25) is 4.79 Å². The minimum atomic E-state index is -2.94. The second-order valence-corrected chi connectivity index (χ2v) is 4.95. The average Bonchev–Trinajstić information content (AvgIpc) is 2.46. The van der Waals surface area contributed by atoms with E-state index in [1.165, 1.54) is 24.1 Å². The molecule has 0 fully saturated rings. The molecule has 8 heteroatoms. The molecular weight excluding hydrogens is 330 g/mol. The van der Waals surface area contributed by atoms with Crippen molar-refractivity contribution in [3.05, 3.63) is 23.8 Å². The number of nitrogens with two attached hydrogens (primary N) is 1. The molecule has 0 bridgehead atoms. The molecule has 1 unspecified atom stereocenters. The van der Waals surface area contributed by atoms with E-state index in [4.69, 9.17) is 10.5 Å². The summed E-state index contributed by atoms with van der Waals surface area (Å²) in [7, 11) is 2.99. The van der Waals surface area contributed by atoms with Crippen molar-refractivity contribution in [3.63, 3.8) is 0 Å². The zero-order valence-corrected chi connectivity index (χ0v) is 14.2. The van der Waals surface area contributed by atoms with Crippen LogP contribution in [0.15, 0.2) is 18.2 Å². The fourth-order valence-electron chi connectivity index (χ4n) is 2.08. The van der Waals surface area contributed by atoms with Crippen molar-refractivity contribution in [2.75, 3.05) is 14.2 Å². The lowest BCUT2D eigenvalue weighted by Gasteiger charge is -2.21. The number of amides is 1. The quantitative estimate of drug-likeness (QED) is 0.781. The Hall–Kier alpha value is -1.60. The van der Waals surface area contributed by atoms with Gasteiger partial charge in [0.15, 0.2) is 11.5 Å². The van der Waals surface area contributed by atoms with Crippen molar-refractivity contribution in [1.82, 2.24) is 4.90 Å². The molecule has 1 aromatic rings. The van der Waals surface area contributed by atoms with Crippen molar-refractivity contribution in [2.45, 2.75) is 39.0 Å². The number of hydrogen-bond donors (Lipinski definition) is 1. The van der Waals surface area contributed by atoms with Crippen LogP contribution >= 0.6 is 12.4 Å². The van der Waals surface area contributed by atoms with Gasteiger partial charge in [0.2, 0.25) is 5.91 Å². The van der Waals surface area contributed by atoms with Crippen LogP contribution in [0.25, 0.3) is 0 Å². The summed E-state index contributed by atoms with van der Waals surface area (Å²) < 4.78 is 34.2. The minimum Gasteiger partial charge on any atom is -0.493 e. The first-order valence-electron chi connectivity index (χ1n) is 7.01. The van der Waals surface area contributed by atoms with Crippen LogP contribution in [-0.2, 0) is 11.3 Å². The van der Waals surface area contributed by atoms with Crippen molar-refractivity contribution in [3.8, 4) is 11.5 Å². The Labute approximate surface area is 141 Å². The lowest BCUT2D eigenvalue weighted by molar-refractivity contribution is -0.132. The van der Waals surface area contributed by atoms with E-state index in [9.17, 15) is 13.6 Å². The summed E-state index contributed by atoms with van der Waals surface area (Å²) in [5.41, 5.74) is 6.44. The maximum Gasteiger partial charge on any atom is 0.387 e. The van der Waals surface area contributed by atoms with Crippen molar-refractivity contribution in [1.29, 1.82) is 0 Å². The maximum absolute atomic E-state index is 12.4. The predicted octanol–water partition coefficient (Wildman–Crippen LogP) is 2.80. The third-order valence-electron chi connectivity index (χ3n) is 3.16. The summed E-state index contributed by atoms with van der Waals surface area (Å²) in [5.74, 6) is -0.0385. The smallest absolute Gasteiger partial charge is 0.387 e. The van der Waals surface area contributed by atoms with Gasteiger partial charge in [-0.1, -0.05) is 19.4 Å². The zero-order valence-electron chi connectivity index (χ0n) is 13.4. The molecule has 0 aliphatic heterocycles. The summed E-state index contributed by atoms with van der Waals surface area (Å²) >= 11 is 0. The van der Waals surface area contributed by atoms with Crippen LogP contribution in [-0.4, -0.2) is 37.6 Å². The van der Waals surface area contributed by atoms with E-state index in [1.54, 1.807) is 13.1 Å². The molecular formula is C15H23ClF2N2O3. The number of ether oxygens (including phenoxy) is 2. The first kappa shape index (κ1) is 21.4. The highest BCUT2D eigenvalue weighted by atomic mass is 35.5. The number of likely N-dealkylation sites (N-methyl/N-ethyl adjacent to an activating group) is 1. The van der Waals surface area contributed by atoms with E-state index >= 15 is 0 Å². The number of carbonyl (C=O) groups excluding carboxylic acids is 1. The number of carbonyl (C=O) groups is 1. The molecule has 1 atom stereocenters. The zero-order chi connectivity index (χ0) is 16.7. The Morgan fingerprint density at radius 1 is 1.35 bits per heavy atom. The molecule has 1 amide bonds. The lowest BCUT2D eigenvalue weighted by atomic mass is 10.1. The van der Waals surface area contributed by atoms with Gasteiger partial charge in [0.1, 0.15) is 0 Å². The molecule has 0 aromatic heterocycles. The van der Waals surface area contributed by atoms with Crippen LogP contribution in [0.2, 0.25) is 0 Å². The molecule has 0 heterocycles. The van der Waals surface area contributed by atoms with Gasteiger partial charge in [-0.25, -0.2) is 0 Å². The van der Waals surface area contributed by atoms with Crippen LogP contribution in [0.5, 0.6) is 11.5 Å². The van der Waals surface area contributed by atoms with Crippen LogP contribution in [0.3, 0.4) is 0 Å². The fourth-order valence-corrected chi connectivity index (χ4v) is 2.08. The predicted molar refractivity (Wildman–Crippen MR) is 86.2 cm³/mol. The van der Waals surface area contributed by atoms with Gasteiger partial charge in [0.05, 0.1) is 13.2 Å². The van der Waals surface area contributed by atoms with Crippen molar-refractivity contribution < 1.29 is 23.0 Å². The third-order valence-corrected chi connectivity index (χ3v) is 3.16. The first-order valence-corrected chi connectivity index (χ1v) is 7.01. The number of alkyl halides is 2. The summed E-state index contributed by atoms with van der Waals surface area (Å²) in [4.78, 5) is 13.5. The number of rotatable bonds is 8. The van der Waals surface area contributed by atoms with Crippen LogP contribution in [0.4, 0.5) is 8.78 Å². The molecule has 0 aliphatic carbocycles. The number of benzene rings is 1. The SMILES string of the molecule is CCCC(N)C(=O)N(C)Cc1ccc(OC)c(OC(F)F)c1.Cl. The highest BCUT2D eigenvalue weighted by Gasteiger charge is 2.18. The molecule has 1 aromatic carbocycles. The summed E-state index contributed by atoms with van der Waals surface area (Å²) in [6.07, 6.45) is 1.42. The fraction of sp³-hybridized carbons (Fsp3) is 0.533. The van der Waals surface area contributed by atoms with E-state index in [2.05, 4.69) is 4.74 Å². The topological polar surface area (TPSA) is 64.8 Å². The normalized spacial score (nSPS) is 11.6. The Morgan fingerprint density at radius 3 is 2.52 bits per heavy atom. The first-order chi connectivity index (χ1) is 10.4. The van der Waals surface area contributed by atoms with E-state index in [1.807, 2.05) is 6.92 Å². The Morgan fingerprint density at radius 2 is 2.00 bits per heavy atom. The minimum absolute atomic E-state index is 0. The van der Waals surface area contributed by atoms with Gasteiger partial charge in [0, 0.05) is 13.6 Å². The van der Waals surface area contributed by atoms with Gasteiger partial charge < -0.3 is 20.1 Å². The number of hydrogen-bond acceptors (Lipinski definition) is 4. The number of nitrogens with zero attached hydrogens (tertiary/aromatic N) is 1. The number of methoxy groups -OCH3 is 1. The van der Waals surface area contributed by atoms with Gasteiger partial charge in [-0.15, -0.1) is 12.4 Å². The molecule has 132 valence electrons. The van der Waals surface area contributed by atoms with Crippen molar-refractivity contribution in [2.24, 2.45) is 5.73 Å². The molecule has 0 aliphatic rings. The second kappa shape index (κ2) is 10.2. The molecule has 2 N–H and O–H groups in total. The largest absolute Gasteiger partial charge is 0.493 e. The lowest BCUT2D eigenvalue weighted by Crippen LogP contribution is -2.41. The maximum atomic E-state index is 12.4. The molecule has 23 heavy (non-hydrogen) atoms. The van der Waals surface area contributed by atoms with Gasteiger partial charge in [-0.2, -0.15) is 8.78 Å². The monoisotopic (exact) mass is 352 g/mol. The van der Waals surface area contributed by atoms with Crippen LogP contribution in [0.1, 0.15) is 25.3 Å². The third kappa shape index (κ3) is 6.58. The van der Waals surface area contributed by atoms with E-state index in [-0.39, 0.29) is 36.4 Å². The molecule has 5 nitrogen and oxygen atoms in total. The molecule has 0 radical (unpaired) electrons. The molecule has 0 saturated heterocycles. The van der Waals surface area contributed by atoms with E-state index in [0.717, 1.165) is 6.42 Å². The van der Waals surface area contributed by atoms with Gasteiger partial charge >= 0.3 is 6.61 Å². The van der Waals surface area contributed by atoms with Gasteiger partial charge in [-0.05, 0) is 24.1 Å². The summed E-state index contributed by atoms with van der Waals surface area (Å²) in [6.45, 7) is -0.744. The standard InChI is InChI=1S/C15H22F2N2O3.ClH/c1-4-5-11(18)14(20)19(2)9-10-6-7-12(21-3)13(8-10)22-15(16)17;/h6-8,11,15H,4-5,9,18H2,1-3H3;1H. The highest BCUT2D eigenvalue weighted by molar-refractivity contribution is 5.85. The Bertz CT molecular complexity index is 504. The summed E-state index contributed by atoms with van der Waals surface area (Å²) in [6, 6.07) is 4.09. The van der Waals surface area contributed by atoms with Crippen LogP contribution in [0, 0.1) is 0 Å². The van der Waals surface area contributed by atoms with Crippen LogP contribution < -0.4 is 15.2 Å². The molecule has 0 saturated carbocycles. The molecule has 0 spiro atoms. The Kier molecular flexibility index (Phi) is 9.52. The second-order valence-electron chi connectivity index (χ2n) is 4.95. The van der Waals surface area contributed by atoms with E-state index < -0.39 is 12.7 Å². The highest BCUT2D eigenvalue weighted by Crippen LogP contribution is 2.29. The number of halogens is 3. The molecule has 1 rings (SSSR count).